The third-order valence-electron chi connectivity index (χ3n) is 1.97. The fourth-order valence-electron chi connectivity index (χ4n) is 1.36. The predicted octanol–water partition coefficient (Wildman–Crippen LogP) is 3.94. The summed E-state index contributed by atoms with van der Waals surface area (Å²) in [6.45, 7) is 5.36. The van der Waals surface area contributed by atoms with E-state index in [1.54, 1.807) is 26.8 Å². The fourth-order valence-corrected chi connectivity index (χ4v) is 1.80. The highest BCUT2D eigenvalue weighted by molar-refractivity contribution is 9.10. The topological polar surface area (TPSA) is 64.4 Å². The third-order valence-corrected chi connectivity index (χ3v) is 2.60. The van der Waals surface area contributed by atoms with Gasteiger partial charge in [-0.3, -0.25) is 0 Å². The van der Waals surface area contributed by atoms with E-state index in [2.05, 4.69) is 26.2 Å². The largest absolute Gasteiger partial charge is 0.443 e. The number of oxazole rings is 1. The number of anilines is 1. The molecular weight excluding hydrogens is 300 g/mol. The van der Waals surface area contributed by atoms with E-state index < -0.39 is 11.7 Å². The standard InChI is InChI=1S/C12H13BrN2O3/c1-12(2,3)18-11(16)15-10-14-8-6-4-5-7(13)9(8)17-10/h4-6H,1-3H3,(H,14,15,16). The number of ether oxygens (including phenoxy) is 1. The van der Waals surface area contributed by atoms with Gasteiger partial charge in [-0.05, 0) is 48.8 Å². The zero-order valence-electron chi connectivity index (χ0n) is 10.3. The number of rotatable bonds is 1. The molecule has 1 amide bonds. The van der Waals surface area contributed by atoms with Crippen LogP contribution in [0.25, 0.3) is 11.1 Å². The molecule has 0 saturated heterocycles. The molecule has 0 spiro atoms. The van der Waals surface area contributed by atoms with E-state index in [-0.39, 0.29) is 6.01 Å². The Balaban J connectivity index is 2.18. The van der Waals surface area contributed by atoms with Crippen molar-refractivity contribution in [2.45, 2.75) is 26.4 Å². The van der Waals surface area contributed by atoms with Crippen molar-refractivity contribution in [3.63, 3.8) is 0 Å². The van der Waals surface area contributed by atoms with Crippen LogP contribution in [0.5, 0.6) is 0 Å². The molecule has 0 saturated carbocycles. The number of aromatic nitrogens is 1. The van der Waals surface area contributed by atoms with E-state index in [0.717, 1.165) is 4.47 Å². The second kappa shape index (κ2) is 4.61. The first-order valence-electron chi connectivity index (χ1n) is 5.40. The van der Waals surface area contributed by atoms with Gasteiger partial charge in [-0.1, -0.05) is 6.07 Å². The number of nitrogens with zero attached hydrogens (tertiary/aromatic N) is 1. The highest BCUT2D eigenvalue weighted by atomic mass is 79.9. The Kier molecular flexibility index (Phi) is 3.30. The van der Waals surface area contributed by atoms with Gasteiger partial charge in [-0.25, -0.2) is 10.1 Å². The number of benzene rings is 1. The Morgan fingerprint density at radius 3 is 2.78 bits per heavy atom. The summed E-state index contributed by atoms with van der Waals surface area (Å²) in [5.74, 6) is 0. The zero-order valence-corrected chi connectivity index (χ0v) is 11.9. The van der Waals surface area contributed by atoms with Gasteiger partial charge in [-0.2, -0.15) is 4.98 Å². The van der Waals surface area contributed by atoms with Crippen molar-refractivity contribution < 1.29 is 13.9 Å². The van der Waals surface area contributed by atoms with E-state index in [4.69, 9.17) is 9.15 Å². The molecule has 5 nitrogen and oxygen atoms in total. The van der Waals surface area contributed by atoms with Gasteiger partial charge in [0.1, 0.15) is 11.1 Å². The molecule has 0 bridgehead atoms. The van der Waals surface area contributed by atoms with Crippen molar-refractivity contribution in [3.05, 3.63) is 22.7 Å². The maximum absolute atomic E-state index is 11.5. The summed E-state index contributed by atoms with van der Waals surface area (Å²) in [5.41, 5.74) is 0.690. The van der Waals surface area contributed by atoms with Crippen LogP contribution >= 0.6 is 15.9 Å². The van der Waals surface area contributed by atoms with Crippen LogP contribution in [0.3, 0.4) is 0 Å². The Morgan fingerprint density at radius 1 is 1.44 bits per heavy atom. The number of hydrogen-bond acceptors (Lipinski definition) is 4. The monoisotopic (exact) mass is 312 g/mol. The van der Waals surface area contributed by atoms with Crippen LogP contribution in [0.4, 0.5) is 10.8 Å². The smallest absolute Gasteiger partial charge is 0.415 e. The Morgan fingerprint density at radius 2 is 2.17 bits per heavy atom. The van der Waals surface area contributed by atoms with Crippen LogP contribution in [-0.4, -0.2) is 16.7 Å². The van der Waals surface area contributed by atoms with Gasteiger partial charge in [0.05, 0.1) is 4.47 Å². The number of hydrogen-bond donors (Lipinski definition) is 1. The average Bonchev–Trinajstić information content (AvgIpc) is 2.58. The molecule has 0 aliphatic rings. The van der Waals surface area contributed by atoms with Gasteiger partial charge in [0, 0.05) is 0 Å². The lowest BCUT2D eigenvalue weighted by Crippen LogP contribution is -2.27. The molecule has 1 heterocycles. The second-order valence-corrected chi connectivity index (χ2v) is 5.59. The summed E-state index contributed by atoms with van der Waals surface area (Å²) in [6.07, 6.45) is -0.592. The summed E-state index contributed by atoms with van der Waals surface area (Å²) in [5, 5.41) is 2.46. The molecule has 96 valence electrons. The number of halogens is 1. The maximum Gasteiger partial charge on any atom is 0.415 e. The van der Waals surface area contributed by atoms with Gasteiger partial charge in [0.15, 0.2) is 5.58 Å². The molecular formula is C12H13BrN2O3. The molecule has 2 rings (SSSR count). The molecule has 18 heavy (non-hydrogen) atoms. The quantitative estimate of drug-likeness (QED) is 0.866. The molecule has 1 aromatic carbocycles. The summed E-state index contributed by atoms with van der Waals surface area (Å²) in [6, 6.07) is 5.59. The molecule has 1 N–H and O–H groups in total. The van der Waals surface area contributed by atoms with Crippen molar-refractivity contribution in [2.75, 3.05) is 5.32 Å². The molecule has 6 heteroatoms. The number of para-hydroxylation sites is 1. The van der Waals surface area contributed by atoms with Gasteiger partial charge in [-0.15, -0.1) is 0 Å². The molecule has 0 radical (unpaired) electrons. The van der Waals surface area contributed by atoms with E-state index in [0.29, 0.717) is 11.1 Å². The molecule has 2 aromatic rings. The highest BCUT2D eigenvalue weighted by Gasteiger charge is 2.18. The van der Waals surface area contributed by atoms with E-state index >= 15 is 0 Å². The Labute approximate surface area is 113 Å². The van der Waals surface area contributed by atoms with Crippen LogP contribution in [0, 0.1) is 0 Å². The second-order valence-electron chi connectivity index (χ2n) is 4.73. The minimum Gasteiger partial charge on any atom is -0.443 e. The molecule has 0 atom stereocenters. The van der Waals surface area contributed by atoms with Gasteiger partial charge < -0.3 is 9.15 Å². The van der Waals surface area contributed by atoms with Crippen molar-refractivity contribution in [3.8, 4) is 0 Å². The summed E-state index contributed by atoms with van der Waals surface area (Å²) < 4.78 is 11.3. The predicted molar refractivity (Wildman–Crippen MR) is 71.6 cm³/mol. The van der Waals surface area contributed by atoms with E-state index in [9.17, 15) is 4.79 Å². The van der Waals surface area contributed by atoms with Crippen LogP contribution in [0.2, 0.25) is 0 Å². The van der Waals surface area contributed by atoms with Crippen molar-refractivity contribution in [1.82, 2.24) is 4.98 Å². The molecule has 0 fully saturated rings. The van der Waals surface area contributed by atoms with Crippen molar-refractivity contribution >= 4 is 39.1 Å². The third kappa shape index (κ3) is 3.01. The van der Waals surface area contributed by atoms with Crippen LogP contribution in [0.1, 0.15) is 20.8 Å². The average molecular weight is 313 g/mol. The molecule has 0 aliphatic carbocycles. The first kappa shape index (κ1) is 12.9. The fraction of sp³-hybridized carbons (Fsp3) is 0.333. The van der Waals surface area contributed by atoms with E-state index in [1.165, 1.54) is 0 Å². The molecule has 0 aliphatic heterocycles. The molecule has 0 unspecified atom stereocenters. The number of carbonyl (C=O) groups excluding carboxylic acids is 1. The van der Waals surface area contributed by atoms with Crippen molar-refractivity contribution in [1.29, 1.82) is 0 Å². The van der Waals surface area contributed by atoms with Gasteiger partial charge in [0.25, 0.3) is 0 Å². The lowest BCUT2D eigenvalue weighted by atomic mass is 10.2. The van der Waals surface area contributed by atoms with Crippen molar-refractivity contribution in [2.24, 2.45) is 0 Å². The summed E-state index contributed by atoms with van der Waals surface area (Å²) in [7, 11) is 0. The zero-order chi connectivity index (χ0) is 13.3. The Bertz CT molecular complexity index is 587. The Hall–Kier alpha value is -1.56. The summed E-state index contributed by atoms with van der Waals surface area (Å²) >= 11 is 3.35. The number of carbonyl (C=O) groups is 1. The van der Waals surface area contributed by atoms with Gasteiger partial charge in [0.2, 0.25) is 0 Å². The lowest BCUT2D eigenvalue weighted by molar-refractivity contribution is 0.0632. The lowest BCUT2D eigenvalue weighted by Gasteiger charge is -2.18. The summed E-state index contributed by atoms with van der Waals surface area (Å²) in [4.78, 5) is 15.7. The normalized spacial score (nSPS) is 11.6. The van der Waals surface area contributed by atoms with Crippen LogP contribution < -0.4 is 5.32 Å². The maximum atomic E-state index is 11.5. The minimum atomic E-state index is -0.592. The number of nitrogens with one attached hydrogen (secondary N) is 1. The SMILES string of the molecule is CC(C)(C)OC(=O)Nc1nc2cccc(Br)c2o1. The molecule has 1 aromatic heterocycles. The first-order chi connectivity index (χ1) is 8.35. The number of amides is 1. The van der Waals surface area contributed by atoms with Gasteiger partial charge >= 0.3 is 12.1 Å². The first-order valence-corrected chi connectivity index (χ1v) is 6.19. The van der Waals surface area contributed by atoms with Crippen LogP contribution in [0.15, 0.2) is 27.1 Å². The van der Waals surface area contributed by atoms with Crippen LogP contribution in [-0.2, 0) is 4.74 Å². The van der Waals surface area contributed by atoms with E-state index in [1.807, 2.05) is 12.1 Å². The minimum absolute atomic E-state index is 0.117. The highest BCUT2D eigenvalue weighted by Crippen LogP contribution is 2.26. The number of fused-ring (bicyclic) bond motifs is 1.